The van der Waals surface area contributed by atoms with Gasteiger partial charge < -0.3 is 14.8 Å². The summed E-state index contributed by atoms with van der Waals surface area (Å²) in [6.07, 6.45) is 1.32. The lowest BCUT2D eigenvalue weighted by atomic mass is 9.87. The van der Waals surface area contributed by atoms with Crippen LogP contribution in [0.3, 0.4) is 0 Å². The zero-order chi connectivity index (χ0) is 19.1. The maximum Gasteiger partial charge on any atom is 0.408 e. The molecule has 1 unspecified atom stereocenters. The quantitative estimate of drug-likeness (QED) is 0.577. The number of amides is 1. The van der Waals surface area contributed by atoms with Gasteiger partial charge in [-0.25, -0.2) is 9.59 Å². The minimum Gasteiger partial charge on any atom is -0.464 e. The van der Waals surface area contributed by atoms with Crippen LogP contribution in [-0.2, 0) is 20.7 Å². The Morgan fingerprint density at radius 2 is 1.84 bits per heavy atom. The largest absolute Gasteiger partial charge is 0.464 e. The molecule has 1 rings (SSSR count). The highest BCUT2D eigenvalue weighted by Crippen LogP contribution is 2.23. The topological polar surface area (TPSA) is 64.6 Å². The van der Waals surface area contributed by atoms with Gasteiger partial charge in [-0.2, -0.15) is 0 Å². The van der Waals surface area contributed by atoms with E-state index in [0.717, 1.165) is 5.56 Å². The molecule has 0 radical (unpaired) electrons. The molecule has 0 saturated heterocycles. The van der Waals surface area contributed by atoms with Gasteiger partial charge in [0.25, 0.3) is 0 Å². The Hall–Kier alpha value is -2.01. The van der Waals surface area contributed by atoms with Crippen LogP contribution in [0.5, 0.6) is 0 Å². The number of alkyl carbamates (subject to hydrolysis) is 1. The lowest BCUT2D eigenvalue weighted by molar-refractivity contribution is -0.151. The Kier molecular flexibility index (Phi) is 7.49. The minimum absolute atomic E-state index is 0.202. The molecule has 0 fully saturated rings. The Bertz CT molecular complexity index is 607. The van der Waals surface area contributed by atoms with Gasteiger partial charge in [0, 0.05) is 11.4 Å². The number of carbonyl (C=O) groups excluding carboxylic acids is 2. The second kappa shape index (κ2) is 8.90. The van der Waals surface area contributed by atoms with Gasteiger partial charge in [-0.1, -0.05) is 29.8 Å². The molecular weight excluding hydrogens is 342 g/mol. The predicted molar refractivity (Wildman–Crippen MR) is 98.7 cm³/mol. The molecule has 0 aromatic heterocycles. The highest BCUT2D eigenvalue weighted by atomic mass is 35.5. The molecule has 5 nitrogen and oxygen atoms in total. The van der Waals surface area contributed by atoms with Crippen LogP contribution in [-0.4, -0.2) is 29.8 Å². The number of hydrogen-bond acceptors (Lipinski definition) is 4. The molecule has 1 aromatic rings. The molecule has 0 aliphatic rings. The van der Waals surface area contributed by atoms with Crippen molar-refractivity contribution in [2.24, 2.45) is 0 Å². The number of halogens is 1. The second-order valence-corrected chi connectivity index (χ2v) is 7.16. The van der Waals surface area contributed by atoms with E-state index in [1.54, 1.807) is 58.0 Å². The zero-order valence-corrected chi connectivity index (χ0v) is 16.0. The van der Waals surface area contributed by atoms with E-state index >= 15 is 0 Å². The van der Waals surface area contributed by atoms with Crippen LogP contribution in [0.1, 0.15) is 39.7 Å². The summed E-state index contributed by atoms with van der Waals surface area (Å²) < 4.78 is 10.5. The number of hydrogen-bond donors (Lipinski definition) is 1. The number of rotatable bonds is 7. The summed E-state index contributed by atoms with van der Waals surface area (Å²) in [5, 5.41) is 3.29. The van der Waals surface area contributed by atoms with E-state index in [9.17, 15) is 9.59 Å². The summed E-state index contributed by atoms with van der Waals surface area (Å²) >= 11 is 5.92. The van der Waals surface area contributed by atoms with Crippen LogP contribution in [0.15, 0.2) is 36.9 Å². The molecule has 0 bridgehead atoms. The fraction of sp³-hybridized carbons (Fsp3) is 0.474. The maximum atomic E-state index is 12.7. The van der Waals surface area contributed by atoms with Gasteiger partial charge in [0.1, 0.15) is 11.1 Å². The van der Waals surface area contributed by atoms with Crippen molar-refractivity contribution in [2.75, 3.05) is 6.61 Å². The predicted octanol–water partition coefficient (Wildman–Crippen LogP) is 4.29. The van der Waals surface area contributed by atoms with E-state index in [1.807, 2.05) is 0 Å². The smallest absolute Gasteiger partial charge is 0.408 e. The Balaban J connectivity index is 3.16. The molecule has 0 spiro atoms. The molecule has 0 aliphatic carbocycles. The lowest BCUT2D eigenvalue weighted by Crippen LogP contribution is -2.57. The Labute approximate surface area is 154 Å². The standard InChI is InChI=1S/C19H26ClNO4/c1-6-12-19(16(22)24-7-2,21-17(23)25-18(3,4)5)13-14-8-10-15(20)11-9-14/h6,8-11H,1,7,12-13H2,2-5H3,(H,21,23). The summed E-state index contributed by atoms with van der Waals surface area (Å²) in [6, 6.07) is 7.06. The second-order valence-electron chi connectivity index (χ2n) is 6.73. The van der Waals surface area contributed by atoms with E-state index in [1.165, 1.54) is 0 Å². The number of benzene rings is 1. The van der Waals surface area contributed by atoms with Crippen LogP contribution >= 0.6 is 11.6 Å². The molecule has 1 N–H and O–H groups in total. The van der Waals surface area contributed by atoms with E-state index in [4.69, 9.17) is 21.1 Å². The van der Waals surface area contributed by atoms with Crippen LogP contribution in [0.2, 0.25) is 5.02 Å². The van der Waals surface area contributed by atoms with Gasteiger partial charge >= 0.3 is 12.1 Å². The first kappa shape index (κ1) is 21.0. The maximum absolute atomic E-state index is 12.7. The highest BCUT2D eigenvalue weighted by molar-refractivity contribution is 6.30. The van der Waals surface area contributed by atoms with Crippen molar-refractivity contribution < 1.29 is 19.1 Å². The Morgan fingerprint density at radius 1 is 1.24 bits per heavy atom. The highest BCUT2D eigenvalue weighted by Gasteiger charge is 2.41. The number of carbonyl (C=O) groups is 2. The third kappa shape index (κ3) is 6.78. The third-order valence-corrected chi connectivity index (χ3v) is 3.57. The van der Waals surface area contributed by atoms with Gasteiger partial charge in [-0.05, 0) is 51.8 Å². The van der Waals surface area contributed by atoms with E-state index in [-0.39, 0.29) is 19.4 Å². The molecular formula is C19H26ClNO4. The molecule has 1 aromatic carbocycles. The summed E-state index contributed by atoms with van der Waals surface area (Å²) in [6.45, 7) is 10.9. The average Bonchev–Trinajstić information content (AvgIpc) is 2.48. The van der Waals surface area contributed by atoms with Crippen LogP contribution < -0.4 is 5.32 Å². The molecule has 0 saturated carbocycles. The number of ether oxygens (including phenoxy) is 2. The number of nitrogens with one attached hydrogen (secondary N) is 1. The molecule has 1 amide bonds. The van der Waals surface area contributed by atoms with Gasteiger partial charge in [0.15, 0.2) is 0 Å². The first-order chi connectivity index (χ1) is 11.6. The van der Waals surface area contributed by atoms with Crippen molar-refractivity contribution in [1.29, 1.82) is 0 Å². The van der Waals surface area contributed by atoms with Crippen molar-refractivity contribution in [3.8, 4) is 0 Å². The van der Waals surface area contributed by atoms with E-state index in [0.29, 0.717) is 5.02 Å². The fourth-order valence-electron chi connectivity index (χ4n) is 2.34. The average molecular weight is 368 g/mol. The summed E-state index contributed by atoms with van der Waals surface area (Å²) in [5.41, 5.74) is -1.15. The van der Waals surface area contributed by atoms with Crippen molar-refractivity contribution in [2.45, 2.75) is 51.7 Å². The van der Waals surface area contributed by atoms with Crippen molar-refractivity contribution in [3.05, 3.63) is 47.5 Å². The SMILES string of the molecule is C=CCC(Cc1ccc(Cl)cc1)(NC(=O)OC(C)(C)C)C(=O)OCC. The minimum atomic E-state index is -1.30. The lowest BCUT2D eigenvalue weighted by Gasteiger charge is -2.32. The monoisotopic (exact) mass is 367 g/mol. The molecule has 25 heavy (non-hydrogen) atoms. The van der Waals surface area contributed by atoms with Gasteiger partial charge in [-0.3, -0.25) is 0 Å². The van der Waals surface area contributed by atoms with Crippen molar-refractivity contribution in [1.82, 2.24) is 5.32 Å². The molecule has 0 aliphatic heterocycles. The summed E-state index contributed by atoms with van der Waals surface area (Å²) in [5.74, 6) is -0.532. The van der Waals surface area contributed by atoms with E-state index in [2.05, 4.69) is 11.9 Å². The third-order valence-electron chi connectivity index (χ3n) is 3.32. The Morgan fingerprint density at radius 3 is 2.32 bits per heavy atom. The van der Waals surface area contributed by atoms with E-state index < -0.39 is 23.2 Å². The van der Waals surface area contributed by atoms with Crippen LogP contribution in [0.25, 0.3) is 0 Å². The normalized spacial score (nSPS) is 13.5. The van der Waals surface area contributed by atoms with Crippen molar-refractivity contribution in [3.63, 3.8) is 0 Å². The molecule has 6 heteroatoms. The van der Waals surface area contributed by atoms with Gasteiger partial charge in [0.2, 0.25) is 0 Å². The van der Waals surface area contributed by atoms with Crippen molar-refractivity contribution >= 4 is 23.7 Å². The van der Waals surface area contributed by atoms with Gasteiger partial charge in [0.05, 0.1) is 6.61 Å². The van der Waals surface area contributed by atoms with Crippen LogP contribution in [0, 0.1) is 0 Å². The number of esters is 1. The fourth-order valence-corrected chi connectivity index (χ4v) is 2.47. The summed E-state index contributed by atoms with van der Waals surface area (Å²) in [4.78, 5) is 25.0. The molecule has 0 heterocycles. The molecule has 138 valence electrons. The zero-order valence-electron chi connectivity index (χ0n) is 15.2. The van der Waals surface area contributed by atoms with Gasteiger partial charge in [-0.15, -0.1) is 6.58 Å². The summed E-state index contributed by atoms with van der Waals surface area (Å²) in [7, 11) is 0. The molecule has 1 atom stereocenters. The first-order valence-electron chi connectivity index (χ1n) is 8.15. The van der Waals surface area contributed by atoms with Crippen LogP contribution in [0.4, 0.5) is 4.79 Å². The first-order valence-corrected chi connectivity index (χ1v) is 8.53.